The first-order chi connectivity index (χ1) is 12.3. The molecule has 0 heterocycles. The van der Waals surface area contributed by atoms with Crippen molar-refractivity contribution in [2.45, 2.75) is 33.2 Å². The van der Waals surface area contributed by atoms with Gasteiger partial charge in [0.15, 0.2) is 0 Å². The lowest BCUT2D eigenvalue weighted by Gasteiger charge is -2.13. The Balaban J connectivity index is 1.91. The van der Waals surface area contributed by atoms with Gasteiger partial charge in [-0.05, 0) is 56.7 Å². The molecule has 5 nitrogen and oxygen atoms in total. The van der Waals surface area contributed by atoms with Crippen LogP contribution in [0, 0.1) is 6.92 Å². The average Bonchev–Trinajstić information content (AvgIpc) is 2.56. The molecule has 0 aliphatic carbocycles. The molecule has 138 valence electrons. The first-order valence-corrected chi connectivity index (χ1v) is 8.82. The van der Waals surface area contributed by atoms with Crippen molar-refractivity contribution >= 4 is 29.1 Å². The number of nitrogens with one attached hydrogen (secondary N) is 2. The van der Waals surface area contributed by atoms with E-state index in [1.807, 2.05) is 26.8 Å². The smallest absolute Gasteiger partial charge is 0.251 e. The predicted octanol–water partition coefficient (Wildman–Crippen LogP) is 4.19. The number of ether oxygens (including phenoxy) is 1. The van der Waals surface area contributed by atoms with E-state index in [9.17, 15) is 9.59 Å². The summed E-state index contributed by atoms with van der Waals surface area (Å²) in [6.07, 6.45) is 0.188. The molecule has 0 bridgehead atoms. The normalized spacial score (nSPS) is 10.5. The molecule has 0 spiro atoms. The summed E-state index contributed by atoms with van der Waals surface area (Å²) in [6.45, 7) is 5.90. The van der Waals surface area contributed by atoms with E-state index in [1.165, 1.54) is 0 Å². The van der Waals surface area contributed by atoms with Crippen LogP contribution >= 0.6 is 11.6 Å². The molecule has 6 heteroatoms. The zero-order chi connectivity index (χ0) is 19.1. The Labute approximate surface area is 158 Å². The molecule has 0 fully saturated rings. The highest BCUT2D eigenvalue weighted by Crippen LogP contribution is 2.18. The molecule has 0 radical (unpaired) electrons. The maximum atomic E-state index is 12.2. The highest BCUT2D eigenvalue weighted by Gasteiger charge is 2.12. The van der Waals surface area contributed by atoms with Crippen LogP contribution in [0.15, 0.2) is 42.5 Å². The third-order valence-electron chi connectivity index (χ3n) is 3.58. The van der Waals surface area contributed by atoms with Gasteiger partial charge in [-0.15, -0.1) is 0 Å². The van der Waals surface area contributed by atoms with E-state index in [1.54, 1.807) is 36.4 Å². The molecule has 0 aromatic heterocycles. The summed E-state index contributed by atoms with van der Waals surface area (Å²) >= 11 is 5.89. The minimum Gasteiger partial charge on any atom is -0.493 e. The van der Waals surface area contributed by atoms with Gasteiger partial charge in [0.1, 0.15) is 5.75 Å². The molecule has 2 aromatic carbocycles. The maximum absolute atomic E-state index is 12.2. The van der Waals surface area contributed by atoms with E-state index in [2.05, 4.69) is 10.6 Å². The van der Waals surface area contributed by atoms with Crippen LogP contribution in [0.1, 0.15) is 36.2 Å². The van der Waals surface area contributed by atoms with Crippen molar-refractivity contribution in [3.63, 3.8) is 0 Å². The first kappa shape index (κ1) is 19.8. The Morgan fingerprint density at radius 2 is 1.92 bits per heavy atom. The lowest BCUT2D eigenvalue weighted by Crippen LogP contribution is -2.30. The number of benzene rings is 2. The van der Waals surface area contributed by atoms with Gasteiger partial charge in [0.05, 0.1) is 13.0 Å². The number of rotatable bonds is 7. The van der Waals surface area contributed by atoms with E-state index in [-0.39, 0.29) is 30.9 Å². The number of aryl methyl sites for hydroxylation is 1. The van der Waals surface area contributed by atoms with E-state index in [4.69, 9.17) is 16.3 Å². The zero-order valence-corrected chi connectivity index (χ0v) is 15.9. The van der Waals surface area contributed by atoms with Crippen molar-refractivity contribution in [2.24, 2.45) is 0 Å². The van der Waals surface area contributed by atoms with E-state index < -0.39 is 0 Å². The molecule has 2 amide bonds. The molecule has 0 saturated carbocycles. The van der Waals surface area contributed by atoms with Gasteiger partial charge >= 0.3 is 0 Å². The lowest BCUT2D eigenvalue weighted by atomic mass is 10.1. The first-order valence-electron chi connectivity index (χ1n) is 8.45. The van der Waals surface area contributed by atoms with Crippen molar-refractivity contribution in [3.8, 4) is 5.75 Å². The second-order valence-electron chi connectivity index (χ2n) is 6.26. The molecule has 26 heavy (non-hydrogen) atoms. The number of carbonyl (C=O) groups is 2. The van der Waals surface area contributed by atoms with E-state index in [0.29, 0.717) is 22.0 Å². The fourth-order valence-corrected chi connectivity index (χ4v) is 2.51. The number of amides is 2. The van der Waals surface area contributed by atoms with Crippen molar-refractivity contribution in [1.82, 2.24) is 5.32 Å². The summed E-state index contributed by atoms with van der Waals surface area (Å²) in [7, 11) is 0. The summed E-state index contributed by atoms with van der Waals surface area (Å²) in [6, 6.07) is 12.3. The lowest BCUT2D eigenvalue weighted by molar-refractivity contribution is -0.116. The fourth-order valence-electron chi connectivity index (χ4n) is 2.33. The van der Waals surface area contributed by atoms with Crippen LogP contribution in [0.2, 0.25) is 5.02 Å². The molecule has 0 saturated heterocycles. The van der Waals surface area contributed by atoms with E-state index >= 15 is 0 Å². The minimum atomic E-state index is -0.189. The van der Waals surface area contributed by atoms with Gasteiger partial charge in [0.2, 0.25) is 5.91 Å². The third-order valence-corrected chi connectivity index (χ3v) is 3.81. The summed E-state index contributed by atoms with van der Waals surface area (Å²) in [4.78, 5) is 24.3. The molecule has 0 aliphatic rings. The Hall–Kier alpha value is -2.53. The number of anilines is 1. The largest absolute Gasteiger partial charge is 0.493 e. The van der Waals surface area contributed by atoms with Crippen molar-refractivity contribution < 1.29 is 14.3 Å². The summed E-state index contributed by atoms with van der Waals surface area (Å²) < 4.78 is 5.51. The van der Waals surface area contributed by atoms with Gasteiger partial charge in [-0.3, -0.25) is 9.59 Å². The SMILES string of the molecule is Cc1ccc(NC(=O)CCOc2cccc(Cl)c2)cc1C(=O)NC(C)C. The van der Waals surface area contributed by atoms with Crippen molar-refractivity contribution in [2.75, 3.05) is 11.9 Å². The quantitative estimate of drug-likeness (QED) is 0.763. The van der Waals surface area contributed by atoms with Gasteiger partial charge in [0.25, 0.3) is 5.91 Å². The van der Waals surface area contributed by atoms with Crippen LogP contribution in [-0.2, 0) is 4.79 Å². The predicted molar refractivity (Wildman–Crippen MR) is 104 cm³/mol. The summed E-state index contributed by atoms with van der Waals surface area (Å²) in [5, 5.41) is 6.23. The second-order valence-corrected chi connectivity index (χ2v) is 6.70. The Morgan fingerprint density at radius 1 is 1.15 bits per heavy atom. The number of hydrogen-bond donors (Lipinski definition) is 2. The maximum Gasteiger partial charge on any atom is 0.251 e. The van der Waals surface area contributed by atoms with Gasteiger partial charge in [-0.1, -0.05) is 23.7 Å². The van der Waals surface area contributed by atoms with Crippen LogP contribution in [0.5, 0.6) is 5.75 Å². The Kier molecular flexibility index (Phi) is 7.04. The van der Waals surface area contributed by atoms with E-state index in [0.717, 1.165) is 5.56 Å². The summed E-state index contributed by atoms with van der Waals surface area (Å²) in [5.41, 5.74) is 1.98. The highest BCUT2D eigenvalue weighted by molar-refractivity contribution is 6.30. The molecule has 2 N–H and O–H groups in total. The van der Waals surface area contributed by atoms with Gasteiger partial charge < -0.3 is 15.4 Å². The minimum absolute atomic E-state index is 0.0452. The number of hydrogen-bond acceptors (Lipinski definition) is 3. The second kappa shape index (κ2) is 9.25. The molecule has 2 aromatic rings. The zero-order valence-electron chi connectivity index (χ0n) is 15.1. The topological polar surface area (TPSA) is 67.4 Å². The van der Waals surface area contributed by atoms with Gasteiger partial charge in [0, 0.05) is 22.3 Å². The van der Waals surface area contributed by atoms with Gasteiger partial charge in [-0.25, -0.2) is 0 Å². The molecule has 0 aliphatic heterocycles. The van der Waals surface area contributed by atoms with Crippen LogP contribution in [-0.4, -0.2) is 24.5 Å². The van der Waals surface area contributed by atoms with Crippen LogP contribution in [0.25, 0.3) is 0 Å². The van der Waals surface area contributed by atoms with Crippen molar-refractivity contribution in [3.05, 3.63) is 58.6 Å². The van der Waals surface area contributed by atoms with Crippen molar-refractivity contribution in [1.29, 1.82) is 0 Å². The highest BCUT2D eigenvalue weighted by atomic mass is 35.5. The standard InChI is InChI=1S/C20H23ClN2O3/c1-13(2)22-20(25)18-12-16(8-7-14(18)3)23-19(24)9-10-26-17-6-4-5-15(21)11-17/h4-8,11-13H,9-10H2,1-3H3,(H,22,25)(H,23,24). The Bertz CT molecular complexity index is 790. The molecular formula is C20H23ClN2O3. The fraction of sp³-hybridized carbons (Fsp3) is 0.300. The van der Waals surface area contributed by atoms with Gasteiger partial charge in [-0.2, -0.15) is 0 Å². The van der Waals surface area contributed by atoms with Crippen LogP contribution in [0.4, 0.5) is 5.69 Å². The Morgan fingerprint density at radius 3 is 2.62 bits per heavy atom. The number of halogens is 1. The molecule has 0 unspecified atom stereocenters. The monoisotopic (exact) mass is 374 g/mol. The molecule has 2 rings (SSSR count). The average molecular weight is 375 g/mol. The molecule has 0 atom stereocenters. The summed E-state index contributed by atoms with van der Waals surface area (Å²) in [5.74, 6) is 0.275. The molecular weight excluding hydrogens is 352 g/mol. The third kappa shape index (κ3) is 6.08. The number of carbonyl (C=O) groups excluding carboxylic acids is 2. The van der Waals surface area contributed by atoms with Crippen LogP contribution < -0.4 is 15.4 Å². The van der Waals surface area contributed by atoms with Crippen LogP contribution in [0.3, 0.4) is 0 Å².